The van der Waals surface area contributed by atoms with Crippen LogP contribution in [0.2, 0.25) is 0 Å². The van der Waals surface area contributed by atoms with Crippen molar-refractivity contribution in [1.29, 1.82) is 0 Å². The number of carbonyl (C=O) groups is 1. The highest BCUT2D eigenvalue weighted by Crippen LogP contribution is 2.23. The van der Waals surface area contributed by atoms with E-state index in [2.05, 4.69) is 0 Å². The predicted molar refractivity (Wildman–Crippen MR) is 89.6 cm³/mol. The van der Waals surface area contributed by atoms with Gasteiger partial charge in [0.25, 0.3) is 0 Å². The van der Waals surface area contributed by atoms with Crippen molar-refractivity contribution < 1.29 is 13.2 Å². The zero-order valence-corrected chi connectivity index (χ0v) is 14.6. The Kier molecular flexibility index (Phi) is 5.62. The number of hydrogen-bond donors (Lipinski definition) is 0. The molecule has 0 aromatic heterocycles. The van der Waals surface area contributed by atoms with E-state index in [1.165, 1.54) is 28.5 Å². The lowest BCUT2D eigenvalue weighted by Gasteiger charge is -2.34. The molecule has 1 aliphatic heterocycles. The number of nitrogens with zero attached hydrogens (tertiary/aromatic N) is 1. The summed E-state index contributed by atoms with van der Waals surface area (Å²) in [5.74, 6) is 1.45. The molecule has 1 atom stereocenters. The van der Waals surface area contributed by atoms with Crippen LogP contribution in [0.4, 0.5) is 0 Å². The highest BCUT2D eigenvalue weighted by atomic mass is 32.2. The topological polar surface area (TPSA) is 54.5 Å². The van der Waals surface area contributed by atoms with E-state index >= 15 is 0 Å². The lowest BCUT2D eigenvalue weighted by atomic mass is 10.2. The van der Waals surface area contributed by atoms with Crippen LogP contribution >= 0.6 is 23.5 Å². The van der Waals surface area contributed by atoms with Crippen molar-refractivity contribution >= 4 is 39.3 Å². The van der Waals surface area contributed by atoms with Gasteiger partial charge in [0, 0.05) is 29.2 Å². The molecule has 4 nitrogen and oxygen atoms in total. The van der Waals surface area contributed by atoms with Gasteiger partial charge in [-0.25, -0.2) is 8.42 Å². The van der Waals surface area contributed by atoms with Crippen molar-refractivity contribution in [2.45, 2.75) is 17.2 Å². The van der Waals surface area contributed by atoms with Gasteiger partial charge < -0.3 is 4.90 Å². The molecule has 1 amide bonds. The van der Waals surface area contributed by atoms with Gasteiger partial charge in [0.05, 0.1) is 5.75 Å². The van der Waals surface area contributed by atoms with Crippen molar-refractivity contribution in [2.75, 3.05) is 30.1 Å². The molecule has 116 valence electrons. The summed E-state index contributed by atoms with van der Waals surface area (Å²) >= 11 is 3.04. The molecule has 0 saturated carbocycles. The quantitative estimate of drug-likeness (QED) is 0.782. The smallest absolute Gasteiger partial charge is 0.234 e. The predicted octanol–water partition coefficient (Wildman–Crippen LogP) is 2.03. The first kappa shape index (κ1) is 16.7. The van der Waals surface area contributed by atoms with E-state index in [-0.39, 0.29) is 11.7 Å². The maximum absolute atomic E-state index is 12.3. The third-order valence-electron chi connectivity index (χ3n) is 3.28. The first-order valence-electron chi connectivity index (χ1n) is 6.63. The van der Waals surface area contributed by atoms with E-state index in [0.29, 0.717) is 12.3 Å². The first-order chi connectivity index (χ1) is 9.88. The molecule has 1 heterocycles. The summed E-state index contributed by atoms with van der Waals surface area (Å²) in [4.78, 5) is 14.9. The normalized spacial score (nSPS) is 19.5. The summed E-state index contributed by atoms with van der Waals surface area (Å²) < 4.78 is 23.6. The molecule has 0 aliphatic carbocycles. The molecule has 0 N–H and O–H groups in total. The molecular formula is C14H19NO3S3. The third kappa shape index (κ3) is 4.66. The minimum absolute atomic E-state index is 0.101. The summed E-state index contributed by atoms with van der Waals surface area (Å²) in [5.41, 5.74) is 1.18. The van der Waals surface area contributed by atoms with Gasteiger partial charge in [0.15, 0.2) is 9.84 Å². The first-order valence-corrected chi connectivity index (χ1v) is 10.7. The number of carbonyl (C=O) groups excluding carboxylic acids is 1. The van der Waals surface area contributed by atoms with Gasteiger partial charge in [-0.3, -0.25) is 4.79 Å². The molecule has 0 radical (unpaired) electrons. The summed E-state index contributed by atoms with van der Waals surface area (Å²) in [6.07, 6.45) is 1.21. The molecule has 1 aromatic rings. The van der Waals surface area contributed by atoms with Crippen LogP contribution in [-0.2, 0) is 14.6 Å². The van der Waals surface area contributed by atoms with Crippen LogP contribution < -0.4 is 0 Å². The zero-order chi connectivity index (χ0) is 15.5. The van der Waals surface area contributed by atoms with E-state index < -0.39 is 15.2 Å². The van der Waals surface area contributed by atoms with Crippen LogP contribution in [0.15, 0.2) is 29.2 Å². The highest BCUT2D eigenvalue weighted by Gasteiger charge is 2.33. The molecule has 7 heteroatoms. The number of sulfone groups is 1. The average molecular weight is 346 g/mol. The molecule has 1 saturated heterocycles. The maximum atomic E-state index is 12.3. The van der Waals surface area contributed by atoms with Gasteiger partial charge >= 0.3 is 0 Å². The van der Waals surface area contributed by atoms with Crippen LogP contribution in [0.1, 0.15) is 5.56 Å². The van der Waals surface area contributed by atoms with Gasteiger partial charge in [0.1, 0.15) is 5.37 Å². The van der Waals surface area contributed by atoms with Crippen LogP contribution in [0, 0.1) is 6.92 Å². The van der Waals surface area contributed by atoms with E-state index in [1.807, 2.05) is 31.2 Å². The molecular weight excluding hydrogens is 326 g/mol. The van der Waals surface area contributed by atoms with E-state index in [0.717, 1.165) is 10.6 Å². The Morgan fingerprint density at radius 2 is 2.05 bits per heavy atom. The SMILES string of the molecule is Cc1ccc(SCC(=O)N2CCSC[C@H]2S(C)(=O)=O)cc1. The highest BCUT2D eigenvalue weighted by molar-refractivity contribution is 8.01. The van der Waals surface area contributed by atoms with Crippen LogP contribution in [0.25, 0.3) is 0 Å². The van der Waals surface area contributed by atoms with E-state index in [9.17, 15) is 13.2 Å². The maximum Gasteiger partial charge on any atom is 0.234 e. The van der Waals surface area contributed by atoms with Crippen LogP contribution in [-0.4, -0.2) is 54.7 Å². The van der Waals surface area contributed by atoms with E-state index in [1.54, 1.807) is 11.8 Å². The molecule has 0 unspecified atom stereocenters. The second-order valence-electron chi connectivity index (χ2n) is 5.05. The van der Waals surface area contributed by atoms with Gasteiger partial charge in [0.2, 0.25) is 5.91 Å². The summed E-state index contributed by atoms with van der Waals surface area (Å²) in [6.45, 7) is 2.53. The lowest BCUT2D eigenvalue weighted by Crippen LogP contribution is -2.50. The number of benzene rings is 1. The Hall–Kier alpha value is -0.660. The lowest BCUT2D eigenvalue weighted by molar-refractivity contribution is -0.128. The molecule has 1 fully saturated rings. The third-order valence-corrected chi connectivity index (χ3v) is 6.92. The Labute approximate surface area is 134 Å². The van der Waals surface area contributed by atoms with Crippen molar-refractivity contribution in [1.82, 2.24) is 4.90 Å². The van der Waals surface area contributed by atoms with Gasteiger partial charge in [-0.05, 0) is 19.1 Å². The van der Waals surface area contributed by atoms with E-state index in [4.69, 9.17) is 0 Å². The Balaban J connectivity index is 1.99. The van der Waals surface area contributed by atoms with Crippen molar-refractivity contribution in [3.05, 3.63) is 29.8 Å². The zero-order valence-electron chi connectivity index (χ0n) is 12.1. The summed E-state index contributed by atoms with van der Waals surface area (Å²) in [5, 5.41) is -0.678. The summed E-state index contributed by atoms with van der Waals surface area (Å²) in [6, 6.07) is 7.97. The fourth-order valence-electron chi connectivity index (χ4n) is 2.08. The Morgan fingerprint density at radius 1 is 1.38 bits per heavy atom. The summed E-state index contributed by atoms with van der Waals surface area (Å²) in [7, 11) is -3.23. The van der Waals surface area contributed by atoms with Crippen molar-refractivity contribution in [2.24, 2.45) is 0 Å². The number of rotatable bonds is 4. The van der Waals surface area contributed by atoms with Gasteiger partial charge in [-0.15, -0.1) is 11.8 Å². The van der Waals surface area contributed by atoms with Crippen molar-refractivity contribution in [3.63, 3.8) is 0 Å². The van der Waals surface area contributed by atoms with Crippen molar-refractivity contribution in [3.8, 4) is 0 Å². The molecule has 0 spiro atoms. The van der Waals surface area contributed by atoms with Crippen LogP contribution in [0.5, 0.6) is 0 Å². The molecule has 2 rings (SSSR count). The number of aryl methyl sites for hydroxylation is 1. The fraction of sp³-hybridized carbons (Fsp3) is 0.500. The minimum Gasteiger partial charge on any atom is -0.323 e. The monoisotopic (exact) mass is 345 g/mol. The second kappa shape index (κ2) is 7.07. The van der Waals surface area contributed by atoms with Crippen LogP contribution in [0.3, 0.4) is 0 Å². The number of thioether (sulfide) groups is 2. The largest absolute Gasteiger partial charge is 0.323 e. The average Bonchev–Trinajstić information content (AvgIpc) is 2.45. The Bertz CT molecular complexity index is 598. The molecule has 1 aliphatic rings. The number of hydrogen-bond acceptors (Lipinski definition) is 5. The van der Waals surface area contributed by atoms with Gasteiger partial charge in [-0.1, -0.05) is 17.7 Å². The molecule has 0 bridgehead atoms. The minimum atomic E-state index is -3.23. The fourth-order valence-corrected chi connectivity index (χ4v) is 5.70. The standard InChI is InChI=1S/C14H19NO3S3/c1-11-3-5-12(6-4-11)20-9-13(16)15-7-8-19-10-14(15)21(2,17)18/h3-6,14H,7-10H2,1-2H3/t14-/m1/s1. The Morgan fingerprint density at radius 3 is 2.67 bits per heavy atom. The number of amides is 1. The van der Waals surface area contributed by atoms with Gasteiger partial charge in [-0.2, -0.15) is 11.8 Å². The second-order valence-corrected chi connectivity index (χ2v) is 9.45. The molecule has 1 aromatic carbocycles. The molecule has 21 heavy (non-hydrogen) atoms.